The van der Waals surface area contributed by atoms with Crippen LogP contribution in [0.2, 0.25) is 5.02 Å². The molecule has 6 nitrogen and oxygen atoms in total. The summed E-state index contributed by atoms with van der Waals surface area (Å²) in [7, 11) is 5.68. The van der Waals surface area contributed by atoms with Gasteiger partial charge in [-0.2, -0.15) is 0 Å². The van der Waals surface area contributed by atoms with Crippen molar-refractivity contribution in [2.24, 2.45) is 0 Å². The second-order valence-electron chi connectivity index (χ2n) is 7.84. The molecular formula is C23H31ClN4O2. The molecule has 0 aromatic heterocycles. The highest BCUT2D eigenvalue weighted by Gasteiger charge is 2.20. The van der Waals surface area contributed by atoms with Gasteiger partial charge in [-0.1, -0.05) is 23.7 Å². The Labute approximate surface area is 184 Å². The van der Waals surface area contributed by atoms with Crippen molar-refractivity contribution in [2.45, 2.75) is 6.54 Å². The van der Waals surface area contributed by atoms with E-state index in [1.165, 1.54) is 0 Å². The first-order valence-corrected chi connectivity index (χ1v) is 10.7. The smallest absolute Gasteiger partial charge is 0.251 e. The summed E-state index contributed by atoms with van der Waals surface area (Å²) in [5.41, 5.74) is 2.92. The number of methoxy groups -OCH3 is 1. The van der Waals surface area contributed by atoms with Gasteiger partial charge in [-0.05, 0) is 50.0 Å². The number of nitrogens with zero attached hydrogens (tertiary/aromatic N) is 3. The molecule has 0 unspecified atom stereocenters. The number of likely N-dealkylation sites (N-methyl/N-ethyl adjacent to an activating group) is 1. The zero-order chi connectivity index (χ0) is 21.5. The van der Waals surface area contributed by atoms with Crippen LogP contribution in [-0.2, 0) is 6.54 Å². The van der Waals surface area contributed by atoms with Crippen molar-refractivity contribution in [3.63, 3.8) is 0 Å². The van der Waals surface area contributed by atoms with Gasteiger partial charge >= 0.3 is 0 Å². The summed E-state index contributed by atoms with van der Waals surface area (Å²) in [4.78, 5) is 19.2. The quantitative estimate of drug-likeness (QED) is 0.697. The molecule has 2 aromatic rings. The Kier molecular flexibility index (Phi) is 7.96. The molecule has 162 valence electrons. The van der Waals surface area contributed by atoms with Crippen molar-refractivity contribution in [1.29, 1.82) is 0 Å². The third kappa shape index (κ3) is 6.11. The van der Waals surface area contributed by atoms with Crippen LogP contribution in [0.3, 0.4) is 0 Å². The molecule has 0 spiro atoms. The van der Waals surface area contributed by atoms with Gasteiger partial charge in [0.25, 0.3) is 5.91 Å². The summed E-state index contributed by atoms with van der Waals surface area (Å²) < 4.78 is 5.50. The molecular weight excluding hydrogens is 400 g/mol. The number of rotatable bonds is 8. The summed E-state index contributed by atoms with van der Waals surface area (Å²) in [6.45, 7) is 5.99. The number of halogens is 1. The Balaban J connectivity index is 1.55. The van der Waals surface area contributed by atoms with Gasteiger partial charge in [-0.3, -0.25) is 9.69 Å². The number of hydrogen-bond acceptors (Lipinski definition) is 5. The van der Waals surface area contributed by atoms with Crippen LogP contribution >= 0.6 is 11.6 Å². The standard InChI is InChI=1S/C23H31ClN4O2/c1-26(2)10-9-25-23(29)19-6-4-5-18(15-19)17-27-11-13-28(14-12-27)21-16-20(24)7-8-22(21)30-3/h4-8,15-16H,9-14,17H2,1-3H3,(H,25,29). The lowest BCUT2D eigenvalue weighted by Gasteiger charge is -2.36. The fourth-order valence-electron chi connectivity index (χ4n) is 3.62. The van der Waals surface area contributed by atoms with E-state index in [2.05, 4.69) is 26.1 Å². The third-order valence-electron chi connectivity index (χ3n) is 5.29. The summed E-state index contributed by atoms with van der Waals surface area (Å²) in [5.74, 6) is 0.831. The molecule has 1 fully saturated rings. The average molecular weight is 431 g/mol. The summed E-state index contributed by atoms with van der Waals surface area (Å²) in [5, 5.41) is 3.69. The van der Waals surface area contributed by atoms with Gasteiger partial charge in [-0.15, -0.1) is 0 Å². The molecule has 0 bridgehead atoms. The highest BCUT2D eigenvalue weighted by molar-refractivity contribution is 6.30. The predicted octanol–water partition coefficient (Wildman–Crippen LogP) is 2.96. The minimum Gasteiger partial charge on any atom is -0.495 e. The molecule has 0 radical (unpaired) electrons. The molecule has 0 atom stereocenters. The number of amides is 1. The second-order valence-corrected chi connectivity index (χ2v) is 8.28. The monoisotopic (exact) mass is 430 g/mol. The molecule has 1 aliphatic heterocycles. The zero-order valence-corrected chi connectivity index (χ0v) is 18.8. The maximum Gasteiger partial charge on any atom is 0.251 e. The van der Waals surface area contributed by atoms with Crippen LogP contribution in [0.5, 0.6) is 5.75 Å². The van der Waals surface area contributed by atoms with Crippen molar-refractivity contribution < 1.29 is 9.53 Å². The highest BCUT2D eigenvalue weighted by Crippen LogP contribution is 2.32. The van der Waals surface area contributed by atoms with E-state index in [4.69, 9.17) is 16.3 Å². The van der Waals surface area contributed by atoms with Crippen LogP contribution < -0.4 is 15.0 Å². The van der Waals surface area contributed by atoms with Gasteiger partial charge in [-0.25, -0.2) is 0 Å². The molecule has 1 amide bonds. The first kappa shape index (κ1) is 22.4. The van der Waals surface area contributed by atoms with E-state index in [9.17, 15) is 4.79 Å². The molecule has 0 saturated carbocycles. The van der Waals surface area contributed by atoms with E-state index in [-0.39, 0.29) is 5.91 Å². The number of anilines is 1. The van der Waals surface area contributed by atoms with Gasteiger partial charge in [0.05, 0.1) is 12.8 Å². The van der Waals surface area contributed by atoms with Crippen molar-refractivity contribution in [3.8, 4) is 5.75 Å². The molecule has 7 heteroatoms. The molecule has 1 heterocycles. The van der Waals surface area contributed by atoms with Crippen LogP contribution in [0.25, 0.3) is 0 Å². The average Bonchev–Trinajstić information content (AvgIpc) is 2.74. The second kappa shape index (κ2) is 10.7. The highest BCUT2D eigenvalue weighted by atomic mass is 35.5. The summed E-state index contributed by atoms with van der Waals surface area (Å²) in [6, 6.07) is 13.7. The normalized spacial score (nSPS) is 14.8. The Hall–Kier alpha value is -2.28. The minimum absolute atomic E-state index is 0.0171. The van der Waals surface area contributed by atoms with E-state index < -0.39 is 0 Å². The molecule has 2 aromatic carbocycles. The SMILES string of the molecule is COc1ccc(Cl)cc1N1CCN(Cc2cccc(C(=O)NCCN(C)C)c2)CC1. The Morgan fingerprint density at radius 1 is 1.13 bits per heavy atom. The van der Waals surface area contributed by atoms with Gasteiger partial charge in [0, 0.05) is 56.4 Å². The van der Waals surface area contributed by atoms with E-state index in [1.807, 2.05) is 50.5 Å². The number of ether oxygens (including phenoxy) is 1. The minimum atomic E-state index is -0.0171. The first-order chi connectivity index (χ1) is 14.5. The van der Waals surface area contributed by atoms with Gasteiger partial charge < -0.3 is 19.9 Å². The lowest BCUT2D eigenvalue weighted by atomic mass is 10.1. The topological polar surface area (TPSA) is 48.1 Å². The molecule has 1 saturated heterocycles. The first-order valence-electron chi connectivity index (χ1n) is 10.3. The van der Waals surface area contributed by atoms with E-state index >= 15 is 0 Å². The molecule has 0 aliphatic carbocycles. The molecule has 1 aliphatic rings. The van der Waals surface area contributed by atoms with Crippen LogP contribution in [-0.4, -0.2) is 76.2 Å². The Bertz CT molecular complexity index is 851. The van der Waals surface area contributed by atoms with Crippen molar-refractivity contribution in [3.05, 3.63) is 58.6 Å². The fraction of sp³-hybridized carbons (Fsp3) is 0.435. The van der Waals surface area contributed by atoms with Crippen LogP contribution in [0.1, 0.15) is 15.9 Å². The number of carbonyl (C=O) groups is 1. The third-order valence-corrected chi connectivity index (χ3v) is 5.53. The van der Waals surface area contributed by atoms with Gasteiger partial charge in [0.2, 0.25) is 0 Å². The molecule has 1 N–H and O–H groups in total. The maximum absolute atomic E-state index is 12.4. The Morgan fingerprint density at radius 2 is 1.90 bits per heavy atom. The van der Waals surface area contributed by atoms with Crippen molar-refractivity contribution >= 4 is 23.2 Å². The summed E-state index contributed by atoms with van der Waals surface area (Å²) >= 11 is 6.19. The number of benzene rings is 2. The van der Waals surface area contributed by atoms with Gasteiger partial charge in [0.1, 0.15) is 5.75 Å². The van der Waals surface area contributed by atoms with Crippen LogP contribution in [0.15, 0.2) is 42.5 Å². The zero-order valence-electron chi connectivity index (χ0n) is 18.0. The molecule has 30 heavy (non-hydrogen) atoms. The van der Waals surface area contributed by atoms with E-state index in [0.717, 1.165) is 56.3 Å². The van der Waals surface area contributed by atoms with Gasteiger partial charge in [0.15, 0.2) is 0 Å². The largest absolute Gasteiger partial charge is 0.495 e. The lowest BCUT2D eigenvalue weighted by Crippen LogP contribution is -2.46. The van der Waals surface area contributed by atoms with Crippen LogP contribution in [0.4, 0.5) is 5.69 Å². The van der Waals surface area contributed by atoms with Crippen LogP contribution in [0, 0.1) is 0 Å². The van der Waals surface area contributed by atoms with Crippen molar-refractivity contribution in [2.75, 3.05) is 65.4 Å². The molecule has 3 rings (SSSR count). The number of carbonyl (C=O) groups excluding carboxylic acids is 1. The fourth-order valence-corrected chi connectivity index (χ4v) is 3.79. The van der Waals surface area contributed by atoms with Crippen molar-refractivity contribution in [1.82, 2.24) is 15.1 Å². The Morgan fingerprint density at radius 3 is 2.60 bits per heavy atom. The number of nitrogens with one attached hydrogen (secondary N) is 1. The predicted molar refractivity (Wildman–Crippen MR) is 123 cm³/mol. The van der Waals surface area contributed by atoms with E-state index in [1.54, 1.807) is 7.11 Å². The summed E-state index contributed by atoms with van der Waals surface area (Å²) in [6.07, 6.45) is 0. The lowest BCUT2D eigenvalue weighted by molar-refractivity contribution is 0.0951. The number of hydrogen-bond donors (Lipinski definition) is 1. The van der Waals surface area contributed by atoms with E-state index in [0.29, 0.717) is 17.1 Å². The number of piperazine rings is 1. The maximum atomic E-state index is 12.4.